The molecule has 1 aromatic carbocycles. The summed E-state index contributed by atoms with van der Waals surface area (Å²) in [4.78, 5) is 13.7. The summed E-state index contributed by atoms with van der Waals surface area (Å²) in [5.74, 6) is -0.352. The highest BCUT2D eigenvalue weighted by molar-refractivity contribution is 5.92. The smallest absolute Gasteiger partial charge is 0.248 e. The molecule has 2 atom stereocenters. The van der Waals surface area contributed by atoms with Crippen molar-refractivity contribution in [2.24, 2.45) is 5.73 Å². The van der Waals surface area contributed by atoms with Crippen LogP contribution in [-0.2, 0) is 6.54 Å². The Morgan fingerprint density at radius 1 is 1.35 bits per heavy atom. The number of piperidine rings is 1. The number of primary amides is 1. The van der Waals surface area contributed by atoms with Gasteiger partial charge in [0.05, 0.1) is 0 Å². The highest BCUT2D eigenvalue weighted by Crippen LogP contribution is 2.29. The third-order valence-electron chi connectivity index (χ3n) is 4.72. The van der Waals surface area contributed by atoms with E-state index in [4.69, 9.17) is 5.73 Å². The SMILES string of the molecule is CN(Cc1cccc(C(N)=O)c1)C1CC2CCC(C1)N2. The Morgan fingerprint density at radius 2 is 2.05 bits per heavy atom. The molecule has 1 amide bonds. The quantitative estimate of drug-likeness (QED) is 0.874. The third kappa shape index (κ3) is 2.86. The maximum Gasteiger partial charge on any atom is 0.248 e. The van der Waals surface area contributed by atoms with E-state index in [1.807, 2.05) is 12.1 Å². The minimum absolute atomic E-state index is 0.352. The van der Waals surface area contributed by atoms with Crippen LogP contribution in [0.3, 0.4) is 0 Å². The van der Waals surface area contributed by atoms with Gasteiger partial charge in [-0.05, 0) is 50.4 Å². The molecule has 108 valence electrons. The van der Waals surface area contributed by atoms with Crippen molar-refractivity contribution in [2.75, 3.05) is 7.05 Å². The lowest BCUT2D eigenvalue weighted by Crippen LogP contribution is -2.46. The fourth-order valence-electron chi connectivity index (χ4n) is 3.63. The van der Waals surface area contributed by atoms with E-state index >= 15 is 0 Å². The van der Waals surface area contributed by atoms with Crippen LogP contribution in [0.25, 0.3) is 0 Å². The van der Waals surface area contributed by atoms with Gasteiger partial charge in [-0.3, -0.25) is 9.69 Å². The van der Waals surface area contributed by atoms with Gasteiger partial charge in [0.2, 0.25) is 5.91 Å². The average molecular weight is 273 g/mol. The molecule has 2 saturated heterocycles. The maximum absolute atomic E-state index is 11.2. The number of nitrogens with two attached hydrogens (primary N) is 1. The lowest BCUT2D eigenvalue weighted by Gasteiger charge is -2.35. The summed E-state index contributed by atoms with van der Waals surface area (Å²) in [5.41, 5.74) is 7.10. The molecule has 0 saturated carbocycles. The van der Waals surface area contributed by atoms with Gasteiger partial charge in [-0.2, -0.15) is 0 Å². The van der Waals surface area contributed by atoms with E-state index in [0.29, 0.717) is 23.7 Å². The minimum Gasteiger partial charge on any atom is -0.366 e. The van der Waals surface area contributed by atoms with Gasteiger partial charge < -0.3 is 11.1 Å². The van der Waals surface area contributed by atoms with Gasteiger partial charge in [0, 0.05) is 30.2 Å². The number of hydrogen-bond acceptors (Lipinski definition) is 3. The maximum atomic E-state index is 11.2. The molecule has 2 aliphatic rings. The number of hydrogen-bond donors (Lipinski definition) is 2. The molecule has 2 unspecified atom stereocenters. The normalized spacial score (nSPS) is 28.8. The average Bonchev–Trinajstić information content (AvgIpc) is 2.77. The summed E-state index contributed by atoms with van der Waals surface area (Å²) < 4.78 is 0. The number of benzene rings is 1. The summed E-state index contributed by atoms with van der Waals surface area (Å²) in [6.07, 6.45) is 5.13. The van der Waals surface area contributed by atoms with Crippen LogP contribution in [0.15, 0.2) is 24.3 Å². The van der Waals surface area contributed by atoms with E-state index in [0.717, 1.165) is 12.1 Å². The van der Waals surface area contributed by atoms with Crippen LogP contribution in [0.5, 0.6) is 0 Å². The number of nitrogens with zero attached hydrogens (tertiary/aromatic N) is 1. The molecule has 0 spiro atoms. The molecule has 0 radical (unpaired) electrons. The lowest BCUT2D eigenvalue weighted by atomic mass is 9.98. The number of fused-ring (bicyclic) bond motifs is 2. The Morgan fingerprint density at radius 3 is 2.70 bits per heavy atom. The first-order valence-corrected chi connectivity index (χ1v) is 7.47. The monoisotopic (exact) mass is 273 g/mol. The molecule has 1 aromatic rings. The summed E-state index contributed by atoms with van der Waals surface area (Å²) in [6.45, 7) is 0.880. The van der Waals surface area contributed by atoms with Crippen molar-refractivity contribution < 1.29 is 4.79 Å². The second kappa shape index (κ2) is 5.54. The topological polar surface area (TPSA) is 58.4 Å². The third-order valence-corrected chi connectivity index (χ3v) is 4.72. The molecular formula is C16H23N3O. The molecule has 2 bridgehead atoms. The highest BCUT2D eigenvalue weighted by atomic mass is 16.1. The second-order valence-corrected chi connectivity index (χ2v) is 6.24. The molecular weight excluding hydrogens is 250 g/mol. The summed E-state index contributed by atoms with van der Waals surface area (Å²) >= 11 is 0. The van der Waals surface area contributed by atoms with E-state index in [1.54, 1.807) is 6.07 Å². The van der Waals surface area contributed by atoms with Crippen molar-refractivity contribution in [3.63, 3.8) is 0 Å². The predicted octanol–water partition coefficient (Wildman–Crippen LogP) is 1.50. The van der Waals surface area contributed by atoms with Crippen LogP contribution in [0, 0.1) is 0 Å². The van der Waals surface area contributed by atoms with Crippen LogP contribution in [0.1, 0.15) is 41.6 Å². The largest absolute Gasteiger partial charge is 0.366 e. The van der Waals surface area contributed by atoms with Crippen molar-refractivity contribution in [3.8, 4) is 0 Å². The molecule has 0 aromatic heterocycles. The fourth-order valence-corrected chi connectivity index (χ4v) is 3.63. The van der Waals surface area contributed by atoms with Gasteiger partial charge >= 0.3 is 0 Å². The zero-order valence-corrected chi connectivity index (χ0v) is 12.0. The summed E-state index contributed by atoms with van der Waals surface area (Å²) in [6, 6.07) is 9.72. The molecule has 2 aliphatic heterocycles. The molecule has 2 heterocycles. The van der Waals surface area contributed by atoms with Gasteiger partial charge in [-0.1, -0.05) is 12.1 Å². The van der Waals surface area contributed by atoms with Gasteiger partial charge in [0.1, 0.15) is 0 Å². The predicted molar refractivity (Wildman–Crippen MR) is 79.4 cm³/mol. The van der Waals surface area contributed by atoms with Crippen LogP contribution in [-0.4, -0.2) is 36.0 Å². The molecule has 20 heavy (non-hydrogen) atoms. The molecule has 4 nitrogen and oxygen atoms in total. The molecule has 3 rings (SSSR count). The van der Waals surface area contributed by atoms with Crippen LogP contribution < -0.4 is 11.1 Å². The number of carbonyl (C=O) groups is 1. The van der Waals surface area contributed by atoms with Crippen LogP contribution in [0.2, 0.25) is 0 Å². The van der Waals surface area contributed by atoms with E-state index in [1.165, 1.54) is 25.7 Å². The van der Waals surface area contributed by atoms with E-state index < -0.39 is 0 Å². The first-order valence-electron chi connectivity index (χ1n) is 7.47. The zero-order valence-electron chi connectivity index (χ0n) is 12.0. The van der Waals surface area contributed by atoms with Crippen LogP contribution in [0.4, 0.5) is 0 Å². The molecule has 3 N–H and O–H groups in total. The lowest BCUT2D eigenvalue weighted by molar-refractivity contribution is 0.1000. The first kappa shape index (κ1) is 13.6. The number of rotatable bonds is 4. The Balaban J connectivity index is 1.65. The minimum atomic E-state index is -0.352. The van der Waals surface area contributed by atoms with Gasteiger partial charge in [0.25, 0.3) is 0 Å². The van der Waals surface area contributed by atoms with Crippen molar-refractivity contribution in [1.82, 2.24) is 10.2 Å². The van der Waals surface area contributed by atoms with Gasteiger partial charge in [-0.25, -0.2) is 0 Å². The van der Waals surface area contributed by atoms with Crippen LogP contribution >= 0.6 is 0 Å². The van der Waals surface area contributed by atoms with Crippen molar-refractivity contribution >= 4 is 5.91 Å². The van der Waals surface area contributed by atoms with E-state index in [2.05, 4.69) is 23.3 Å². The van der Waals surface area contributed by atoms with Gasteiger partial charge in [-0.15, -0.1) is 0 Å². The van der Waals surface area contributed by atoms with Gasteiger partial charge in [0.15, 0.2) is 0 Å². The highest BCUT2D eigenvalue weighted by Gasteiger charge is 2.34. The zero-order chi connectivity index (χ0) is 14.1. The number of amides is 1. The summed E-state index contributed by atoms with van der Waals surface area (Å²) in [7, 11) is 2.19. The summed E-state index contributed by atoms with van der Waals surface area (Å²) in [5, 5.41) is 3.68. The Kier molecular flexibility index (Phi) is 3.76. The Hall–Kier alpha value is -1.39. The van der Waals surface area contributed by atoms with Crippen molar-refractivity contribution in [3.05, 3.63) is 35.4 Å². The second-order valence-electron chi connectivity index (χ2n) is 6.24. The van der Waals surface area contributed by atoms with E-state index in [9.17, 15) is 4.79 Å². The Bertz CT molecular complexity index is 490. The number of nitrogens with one attached hydrogen (secondary N) is 1. The Labute approximate surface area is 120 Å². The molecule has 0 aliphatic carbocycles. The molecule has 4 heteroatoms. The van der Waals surface area contributed by atoms with Crippen molar-refractivity contribution in [1.29, 1.82) is 0 Å². The standard InChI is InChI=1S/C16H23N3O/c1-19(15-8-13-5-6-14(9-15)18-13)10-11-3-2-4-12(7-11)16(17)20/h2-4,7,13-15,18H,5-6,8-10H2,1H3,(H2,17,20). The van der Waals surface area contributed by atoms with E-state index in [-0.39, 0.29) is 5.91 Å². The molecule has 2 fully saturated rings. The fraction of sp³-hybridized carbons (Fsp3) is 0.562. The van der Waals surface area contributed by atoms with Crippen molar-refractivity contribution in [2.45, 2.75) is 50.4 Å². The number of carbonyl (C=O) groups excluding carboxylic acids is 1. The first-order chi connectivity index (χ1) is 9.61.